The number of hydrogen-bond donors (Lipinski definition) is 0. The van der Waals surface area contributed by atoms with Gasteiger partial charge in [-0.2, -0.15) is 0 Å². The number of rotatable bonds is 4. The second-order valence-corrected chi connectivity index (χ2v) is 8.59. The van der Waals surface area contributed by atoms with E-state index in [1.165, 1.54) is 34.3 Å². The molecule has 136 valence electrons. The summed E-state index contributed by atoms with van der Waals surface area (Å²) in [6, 6.07) is 9.19. The highest BCUT2D eigenvalue weighted by Crippen LogP contribution is 2.55. The fraction of sp³-hybridized carbons (Fsp3) is 0.520. The standard InChI is InChI=1S/C25H36/c1-9-11-23-24(6,7)22(16-17-25(23,8)10-2)21-14-12-20(13-15-21)19(5)18(3)4/h11-16H,9-10,17H2,1-8H3/b23-11-/t25-/m0/s1. The average molecular weight is 337 g/mol. The van der Waals surface area contributed by atoms with Crippen LogP contribution in [0.1, 0.15) is 85.8 Å². The molecular weight excluding hydrogens is 300 g/mol. The Morgan fingerprint density at radius 1 is 1.00 bits per heavy atom. The molecule has 0 saturated carbocycles. The Bertz CT molecular complexity index is 703. The lowest BCUT2D eigenvalue weighted by molar-refractivity contribution is 0.310. The van der Waals surface area contributed by atoms with Crippen LogP contribution in [-0.4, -0.2) is 0 Å². The molecule has 0 aromatic heterocycles. The molecule has 0 radical (unpaired) electrons. The molecule has 0 fully saturated rings. The van der Waals surface area contributed by atoms with Crippen LogP contribution in [0.15, 0.2) is 47.6 Å². The summed E-state index contributed by atoms with van der Waals surface area (Å²) in [6.45, 7) is 18.4. The molecule has 0 N–H and O–H groups in total. The number of allylic oxidation sites excluding steroid dienone is 6. The maximum atomic E-state index is 2.50. The predicted molar refractivity (Wildman–Crippen MR) is 114 cm³/mol. The first-order valence-corrected chi connectivity index (χ1v) is 9.84. The summed E-state index contributed by atoms with van der Waals surface area (Å²) in [6.07, 6.45) is 8.44. The molecule has 0 unspecified atom stereocenters. The van der Waals surface area contributed by atoms with Gasteiger partial charge in [-0.25, -0.2) is 0 Å². The molecule has 1 aliphatic rings. The van der Waals surface area contributed by atoms with Crippen molar-refractivity contribution < 1.29 is 0 Å². The second-order valence-electron chi connectivity index (χ2n) is 8.59. The van der Waals surface area contributed by atoms with Gasteiger partial charge in [-0.3, -0.25) is 0 Å². The zero-order valence-electron chi connectivity index (χ0n) is 17.6. The van der Waals surface area contributed by atoms with Gasteiger partial charge in [-0.05, 0) is 67.7 Å². The minimum absolute atomic E-state index is 0.0894. The van der Waals surface area contributed by atoms with E-state index in [9.17, 15) is 0 Å². The smallest absolute Gasteiger partial charge is 0.0113 e. The van der Waals surface area contributed by atoms with Crippen molar-refractivity contribution in [3.63, 3.8) is 0 Å². The van der Waals surface area contributed by atoms with Gasteiger partial charge >= 0.3 is 0 Å². The van der Waals surface area contributed by atoms with Crippen molar-refractivity contribution >= 4 is 11.1 Å². The molecule has 0 bridgehead atoms. The zero-order chi connectivity index (χ0) is 18.8. The van der Waals surface area contributed by atoms with Crippen LogP contribution in [-0.2, 0) is 0 Å². The van der Waals surface area contributed by atoms with Gasteiger partial charge < -0.3 is 0 Å². The SMILES string of the molecule is CC/C=C1/C(C)(C)C(c2ccc(C(C)=C(C)C)cc2)=CC[C@]1(C)CC. The summed E-state index contributed by atoms with van der Waals surface area (Å²) >= 11 is 0. The van der Waals surface area contributed by atoms with E-state index in [1.807, 2.05) is 0 Å². The first-order chi connectivity index (χ1) is 11.7. The minimum Gasteiger partial charge on any atom is -0.0842 e. The maximum absolute atomic E-state index is 2.50. The van der Waals surface area contributed by atoms with Gasteiger partial charge in [-0.15, -0.1) is 0 Å². The van der Waals surface area contributed by atoms with Gasteiger partial charge in [0.25, 0.3) is 0 Å². The molecule has 0 amide bonds. The van der Waals surface area contributed by atoms with Crippen LogP contribution in [0.25, 0.3) is 11.1 Å². The fourth-order valence-electron chi connectivity index (χ4n) is 4.30. The van der Waals surface area contributed by atoms with Crippen molar-refractivity contribution in [3.8, 4) is 0 Å². The molecule has 1 aliphatic carbocycles. The Labute approximate surface area is 155 Å². The van der Waals surface area contributed by atoms with E-state index < -0.39 is 0 Å². The summed E-state index contributed by atoms with van der Waals surface area (Å²) < 4.78 is 0. The van der Waals surface area contributed by atoms with Gasteiger partial charge in [0.05, 0.1) is 0 Å². The summed E-state index contributed by atoms with van der Waals surface area (Å²) in [5, 5.41) is 0. The molecule has 0 heteroatoms. The van der Waals surface area contributed by atoms with Crippen molar-refractivity contribution in [3.05, 3.63) is 58.7 Å². The number of hydrogen-bond acceptors (Lipinski definition) is 0. The molecule has 2 rings (SSSR count). The molecule has 0 heterocycles. The molecule has 25 heavy (non-hydrogen) atoms. The van der Waals surface area contributed by atoms with Gasteiger partial charge in [0.15, 0.2) is 0 Å². The Hall–Kier alpha value is -1.56. The van der Waals surface area contributed by atoms with E-state index >= 15 is 0 Å². The molecule has 0 nitrogen and oxygen atoms in total. The minimum atomic E-state index is 0.0894. The van der Waals surface area contributed by atoms with Crippen molar-refractivity contribution in [2.75, 3.05) is 0 Å². The van der Waals surface area contributed by atoms with Crippen LogP contribution in [0.2, 0.25) is 0 Å². The summed E-state index contributed by atoms with van der Waals surface area (Å²) in [4.78, 5) is 0. The van der Waals surface area contributed by atoms with E-state index in [-0.39, 0.29) is 5.41 Å². The molecule has 1 atom stereocenters. The lowest BCUT2D eigenvalue weighted by Gasteiger charge is -2.46. The largest absolute Gasteiger partial charge is 0.0842 e. The summed E-state index contributed by atoms with van der Waals surface area (Å²) in [5.41, 5.74) is 8.96. The highest BCUT2D eigenvalue weighted by atomic mass is 14.5. The van der Waals surface area contributed by atoms with E-state index in [2.05, 4.69) is 91.8 Å². The van der Waals surface area contributed by atoms with Gasteiger partial charge in [0.2, 0.25) is 0 Å². The van der Waals surface area contributed by atoms with Gasteiger partial charge in [0, 0.05) is 5.41 Å². The zero-order valence-corrected chi connectivity index (χ0v) is 17.6. The van der Waals surface area contributed by atoms with E-state index in [4.69, 9.17) is 0 Å². The highest BCUT2D eigenvalue weighted by Gasteiger charge is 2.41. The van der Waals surface area contributed by atoms with Gasteiger partial charge in [0.1, 0.15) is 0 Å². The third-order valence-corrected chi connectivity index (χ3v) is 6.32. The Kier molecular flexibility index (Phi) is 5.82. The fourth-order valence-corrected chi connectivity index (χ4v) is 4.30. The molecule has 0 saturated heterocycles. The lowest BCUT2D eigenvalue weighted by atomic mass is 9.58. The van der Waals surface area contributed by atoms with Crippen LogP contribution in [0.5, 0.6) is 0 Å². The predicted octanol–water partition coefficient (Wildman–Crippen LogP) is 8.07. The van der Waals surface area contributed by atoms with Crippen molar-refractivity contribution in [1.29, 1.82) is 0 Å². The van der Waals surface area contributed by atoms with Crippen molar-refractivity contribution in [2.45, 2.75) is 74.7 Å². The quantitative estimate of drug-likeness (QED) is 0.488. The number of benzene rings is 1. The Balaban J connectivity index is 2.49. The van der Waals surface area contributed by atoms with Crippen LogP contribution < -0.4 is 0 Å². The van der Waals surface area contributed by atoms with E-state index in [0.29, 0.717) is 5.41 Å². The molecule has 1 aromatic carbocycles. The Morgan fingerprint density at radius 2 is 1.60 bits per heavy atom. The van der Waals surface area contributed by atoms with Crippen LogP contribution in [0.3, 0.4) is 0 Å². The average Bonchev–Trinajstić information content (AvgIpc) is 2.58. The first-order valence-electron chi connectivity index (χ1n) is 9.84. The van der Waals surface area contributed by atoms with Crippen LogP contribution in [0.4, 0.5) is 0 Å². The summed E-state index contributed by atoms with van der Waals surface area (Å²) in [5.74, 6) is 0. The highest BCUT2D eigenvalue weighted by molar-refractivity contribution is 5.76. The van der Waals surface area contributed by atoms with Crippen molar-refractivity contribution in [2.24, 2.45) is 10.8 Å². The van der Waals surface area contributed by atoms with E-state index in [1.54, 1.807) is 5.57 Å². The van der Waals surface area contributed by atoms with E-state index in [0.717, 1.165) is 12.8 Å². The Morgan fingerprint density at radius 3 is 2.08 bits per heavy atom. The molecular formula is C25H36. The van der Waals surface area contributed by atoms with Gasteiger partial charge in [-0.1, -0.05) is 82.2 Å². The molecule has 1 aromatic rings. The first kappa shape index (κ1) is 19.8. The molecule has 0 aliphatic heterocycles. The third-order valence-electron chi connectivity index (χ3n) is 6.32. The third kappa shape index (κ3) is 3.68. The van der Waals surface area contributed by atoms with Crippen molar-refractivity contribution in [1.82, 2.24) is 0 Å². The second kappa shape index (κ2) is 7.36. The maximum Gasteiger partial charge on any atom is 0.0113 e. The van der Waals surface area contributed by atoms with Crippen LogP contribution >= 0.6 is 0 Å². The lowest BCUT2D eigenvalue weighted by Crippen LogP contribution is -2.33. The summed E-state index contributed by atoms with van der Waals surface area (Å²) in [7, 11) is 0. The normalized spacial score (nSPS) is 24.2. The monoisotopic (exact) mass is 336 g/mol. The van der Waals surface area contributed by atoms with Crippen LogP contribution in [0, 0.1) is 10.8 Å². The topological polar surface area (TPSA) is 0 Å². The molecule has 0 spiro atoms.